The molecule has 13 heavy (non-hydrogen) atoms. The first-order chi connectivity index (χ1) is 6.19. The summed E-state index contributed by atoms with van der Waals surface area (Å²) in [5.74, 6) is 0.812. The summed E-state index contributed by atoms with van der Waals surface area (Å²) in [4.78, 5) is 0. The maximum atomic E-state index is 5.78. The second-order valence-corrected chi connectivity index (χ2v) is 3.51. The van der Waals surface area contributed by atoms with Gasteiger partial charge in [0.15, 0.2) is 0 Å². The molecule has 0 aliphatic heterocycles. The second-order valence-electron chi connectivity index (χ2n) is 2.66. The van der Waals surface area contributed by atoms with Gasteiger partial charge in [-0.1, -0.05) is 6.07 Å². The van der Waals surface area contributed by atoms with Crippen molar-refractivity contribution in [3.05, 3.63) is 28.2 Å². The van der Waals surface area contributed by atoms with Gasteiger partial charge in [0.2, 0.25) is 0 Å². The van der Waals surface area contributed by atoms with E-state index in [-0.39, 0.29) is 6.17 Å². The normalized spacial score (nSPS) is 12.6. The molecule has 1 aromatic rings. The molecule has 0 saturated heterocycles. The van der Waals surface area contributed by atoms with Gasteiger partial charge in [-0.3, -0.25) is 0 Å². The summed E-state index contributed by atoms with van der Waals surface area (Å²) in [6.07, 6.45) is -0.137. The Morgan fingerprint density at radius 1 is 1.54 bits per heavy atom. The van der Waals surface area contributed by atoms with E-state index in [1.165, 1.54) is 0 Å². The number of ether oxygens (including phenoxy) is 1. The average molecular weight is 245 g/mol. The minimum Gasteiger partial charge on any atom is -0.496 e. The van der Waals surface area contributed by atoms with Crippen LogP contribution in [-0.4, -0.2) is 14.2 Å². The highest BCUT2D eigenvalue weighted by Crippen LogP contribution is 2.26. The lowest BCUT2D eigenvalue weighted by Crippen LogP contribution is -2.24. The van der Waals surface area contributed by atoms with E-state index in [4.69, 9.17) is 10.5 Å². The van der Waals surface area contributed by atoms with Gasteiger partial charge in [0.1, 0.15) is 5.75 Å². The summed E-state index contributed by atoms with van der Waals surface area (Å²) in [6, 6.07) is 5.77. The SMILES string of the molecule is CNC(N)c1ccc(OC)c(Br)c1. The molecule has 1 atom stereocenters. The predicted octanol–water partition coefficient (Wildman–Crippen LogP) is 1.63. The van der Waals surface area contributed by atoms with Crippen molar-refractivity contribution in [2.75, 3.05) is 14.2 Å². The fourth-order valence-electron chi connectivity index (χ4n) is 1.04. The molecule has 0 radical (unpaired) electrons. The van der Waals surface area contributed by atoms with Crippen molar-refractivity contribution in [3.8, 4) is 5.75 Å². The van der Waals surface area contributed by atoms with Gasteiger partial charge in [0.25, 0.3) is 0 Å². The van der Waals surface area contributed by atoms with Gasteiger partial charge in [0.05, 0.1) is 17.7 Å². The smallest absolute Gasteiger partial charge is 0.133 e. The Labute approximate surface area is 86.4 Å². The summed E-state index contributed by atoms with van der Waals surface area (Å²) in [5, 5.41) is 2.96. The molecule has 0 aromatic heterocycles. The molecule has 1 unspecified atom stereocenters. The van der Waals surface area contributed by atoms with Crippen LogP contribution in [0.3, 0.4) is 0 Å². The number of halogens is 1. The molecule has 0 spiro atoms. The molecule has 0 bridgehead atoms. The lowest BCUT2D eigenvalue weighted by Gasteiger charge is -2.12. The zero-order valence-corrected chi connectivity index (χ0v) is 9.26. The van der Waals surface area contributed by atoms with Crippen LogP contribution in [0.25, 0.3) is 0 Å². The van der Waals surface area contributed by atoms with Crippen LogP contribution in [-0.2, 0) is 0 Å². The van der Waals surface area contributed by atoms with Crippen LogP contribution in [0.2, 0.25) is 0 Å². The van der Waals surface area contributed by atoms with Crippen LogP contribution in [0.5, 0.6) is 5.75 Å². The first kappa shape index (κ1) is 10.5. The zero-order chi connectivity index (χ0) is 9.84. The van der Waals surface area contributed by atoms with Gasteiger partial charge in [0, 0.05) is 0 Å². The average Bonchev–Trinajstić information content (AvgIpc) is 2.16. The Balaban J connectivity index is 2.95. The summed E-state index contributed by atoms with van der Waals surface area (Å²) >= 11 is 3.40. The maximum Gasteiger partial charge on any atom is 0.133 e. The van der Waals surface area contributed by atoms with Gasteiger partial charge < -0.3 is 15.8 Å². The number of methoxy groups -OCH3 is 1. The Morgan fingerprint density at radius 3 is 2.69 bits per heavy atom. The Hall–Kier alpha value is -0.580. The van der Waals surface area contributed by atoms with Crippen molar-refractivity contribution < 1.29 is 4.74 Å². The van der Waals surface area contributed by atoms with Crippen molar-refractivity contribution in [1.82, 2.24) is 5.32 Å². The second kappa shape index (κ2) is 4.60. The molecule has 4 heteroatoms. The van der Waals surface area contributed by atoms with Crippen LogP contribution in [0.15, 0.2) is 22.7 Å². The van der Waals surface area contributed by atoms with Crippen LogP contribution < -0.4 is 15.8 Å². The highest BCUT2D eigenvalue weighted by Gasteiger charge is 2.05. The van der Waals surface area contributed by atoms with E-state index in [0.717, 1.165) is 15.8 Å². The van der Waals surface area contributed by atoms with Crippen molar-refractivity contribution in [1.29, 1.82) is 0 Å². The van der Waals surface area contributed by atoms with E-state index in [1.807, 2.05) is 25.2 Å². The summed E-state index contributed by atoms with van der Waals surface area (Å²) in [5.41, 5.74) is 6.81. The quantitative estimate of drug-likeness (QED) is 0.796. The highest BCUT2D eigenvalue weighted by molar-refractivity contribution is 9.10. The highest BCUT2D eigenvalue weighted by atomic mass is 79.9. The van der Waals surface area contributed by atoms with E-state index in [2.05, 4.69) is 21.2 Å². The third-order valence-electron chi connectivity index (χ3n) is 1.85. The maximum absolute atomic E-state index is 5.78. The number of hydrogen-bond acceptors (Lipinski definition) is 3. The Bertz CT molecular complexity index is 291. The molecule has 0 saturated carbocycles. The van der Waals surface area contributed by atoms with E-state index in [9.17, 15) is 0 Å². The molecule has 0 heterocycles. The van der Waals surface area contributed by atoms with E-state index in [1.54, 1.807) is 7.11 Å². The van der Waals surface area contributed by atoms with Crippen molar-refractivity contribution >= 4 is 15.9 Å². The monoisotopic (exact) mass is 244 g/mol. The van der Waals surface area contributed by atoms with Gasteiger partial charge in [-0.25, -0.2) is 0 Å². The van der Waals surface area contributed by atoms with Crippen molar-refractivity contribution in [3.63, 3.8) is 0 Å². The zero-order valence-electron chi connectivity index (χ0n) is 7.67. The first-order valence-corrected chi connectivity index (χ1v) is 4.74. The lowest BCUT2D eigenvalue weighted by atomic mass is 10.2. The molecule has 3 N–H and O–H groups in total. The van der Waals surface area contributed by atoms with Crippen LogP contribution >= 0.6 is 15.9 Å². The fourth-order valence-corrected chi connectivity index (χ4v) is 1.60. The molecule has 0 aliphatic rings. The van der Waals surface area contributed by atoms with Crippen LogP contribution in [0, 0.1) is 0 Å². The lowest BCUT2D eigenvalue weighted by molar-refractivity contribution is 0.411. The summed E-state index contributed by atoms with van der Waals surface area (Å²) in [6.45, 7) is 0. The standard InChI is InChI=1S/C9H13BrN2O/c1-12-9(11)6-3-4-8(13-2)7(10)5-6/h3-5,9,12H,11H2,1-2H3. The van der Waals surface area contributed by atoms with E-state index in [0.29, 0.717) is 0 Å². The van der Waals surface area contributed by atoms with Crippen LogP contribution in [0.1, 0.15) is 11.7 Å². The number of nitrogens with one attached hydrogen (secondary N) is 1. The topological polar surface area (TPSA) is 47.3 Å². The first-order valence-electron chi connectivity index (χ1n) is 3.95. The van der Waals surface area contributed by atoms with Crippen LogP contribution in [0.4, 0.5) is 0 Å². The third kappa shape index (κ3) is 2.43. The number of benzene rings is 1. The molecule has 1 rings (SSSR count). The van der Waals surface area contributed by atoms with E-state index >= 15 is 0 Å². The molecule has 3 nitrogen and oxygen atoms in total. The predicted molar refractivity (Wildman–Crippen MR) is 56.7 cm³/mol. The summed E-state index contributed by atoms with van der Waals surface area (Å²) in [7, 11) is 3.46. The summed E-state index contributed by atoms with van der Waals surface area (Å²) < 4.78 is 6.02. The molecular formula is C9H13BrN2O. The Kier molecular flexibility index (Phi) is 3.71. The number of rotatable bonds is 3. The Morgan fingerprint density at radius 2 is 2.23 bits per heavy atom. The number of nitrogens with two attached hydrogens (primary N) is 1. The molecule has 72 valence electrons. The molecular weight excluding hydrogens is 232 g/mol. The third-order valence-corrected chi connectivity index (χ3v) is 2.47. The number of hydrogen-bond donors (Lipinski definition) is 2. The van der Waals surface area contributed by atoms with Gasteiger partial charge in [-0.05, 0) is 40.7 Å². The minimum atomic E-state index is -0.137. The van der Waals surface area contributed by atoms with Crippen molar-refractivity contribution in [2.24, 2.45) is 5.73 Å². The molecule has 0 amide bonds. The van der Waals surface area contributed by atoms with E-state index < -0.39 is 0 Å². The minimum absolute atomic E-state index is 0.137. The molecule has 1 aromatic carbocycles. The van der Waals surface area contributed by atoms with Crippen molar-refractivity contribution in [2.45, 2.75) is 6.17 Å². The van der Waals surface area contributed by atoms with Gasteiger partial charge in [-0.15, -0.1) is 0 Å². The molecule has 0 fully saturated rings. The molecule has 0 aliphatic carbocycles. The fraction of sp³-hybridized carbons (Fsp3) is 0.333. The van der Waals surface area contributed by atoms with Gasteiger partial charge in [-0.2, -0.15) is 0 Å². The largest absolute Gasteiger partial charge is 0.496 e. The van der Waals surface area contributed by atoms with Gasteiger partial charge >= 0.3 is 0 Å².